The maximum atomic E-state index is 13.4. The predicted octanol–water partition coefficient (Wildman–Crippen LogP) is 3.44. The lowest BCUT2D eigenvalue weighted by atomic mass is 9.82. The first-order valence-corrected chi connectivity index (χ1v) is 9.94. The second-order valence-electron chi connectivity index (χ2n) is 7.52. The Kier molecular flexibility index (Phi) is 5.59. The molecule has 0 aliphatic heterocycles. The summed E-state index contributed by atoms with van der Waals surface area (Å²) in [4.78, 5) is 33.1. The van der Waals surface area contributed by atoms with Gasteiger partial charge in [0, 0.05) is 41.8 Å². The molecule has 6 nitrogen and oxygen atoms in total. The van der Waals surface area contributed by atoms with Gasteiger partial charge < -0.3 is 15.5 Å². The fourth-order valence-electron chi connectivity index (χ4n) is 3.64. The average Bonchev–Trinajstić information content (AvgIpc) is 2.76. The molecular weight excluding hydrogens is 376 g/mol. The van der Waals surface area contributed by atoms with E-state index in [0.717, 1.165) is 12.2 Å². The molecule has 1 aromatic heterocycles. The molecule has 3 aromatic rings. The quantitative estimate of drug-likeness (QED) is 0.495. The van der Waals surface area contributed by atoms with Crippen LogP contribution in [0.15, 0.2) is 60.8 Å². The molecule has 152 valence electrons. The third-order valence-electron chi connectivity index (χ3n) is 5.13. The molecule has 0 amide bonds. The van der Waals surface area contributed by atoms with Gasteiger partial charge in [0.15, 0.2) is 11.6 Å². The Labute approximate surface area is 175 Å². The first-order valence-electron chi connectivity index (χ1n) is 9.94. The lowest BCUT2D eigenvalue weighted by molar-refractivity contribution is 0.0980. The molecule has 0 atom stereocenters. The monoisotopic (exact) mass is 400 g/mol. The van der Waals surface area contributed by atoms with Crippen LogP contribution in [0.3, 0.4) is 0 Å². The van der Waals surface area contributed by atoms with Gasteiger partial charge in [0.1, 0.15) is 0 Å². The van der Waals surface area contributed by atoms with Crippen molar-refractivity contribution in [3.05, 3.63) is 88.7 Å². The van der Waals surface area contributed by atoms with Gasteiger partial charge in [-0.2, -0.15) is 0 Å². The predicted molar refractivity (Wildman–Crippen MR) is 118 cm³/mol. The minimum Gasteiger partial charge on any atom is -0.383 e. The van der Waals surface area contributed by atoms with Crippen molar-refractivity contribution < 1.29 is 9.59 Å². The molecule has 0 unspecified atom stereocenters. The standard InChI is InChI=1S/C24H24N4O2/c1-28(2)14-13-26-19-10-5-8-17-21(19)23(29)18-9-6-11-20(22(18)24(17)30)27-15-16-7-3-4-12-25-16/h3-12,26-27H,13-15H2,1-2H3. The van der Waals surface area contributed by atoms with Crippen molar-refractivity contribution in [1.82, 2.24) is 9.88 Å². The van der Waals surface area contributed by atoms with E-state index >= 15 is 0 Å². The number of nitrogens with zero attached hydrogens (tertiary/aromatic N) is 2. The number of hydrogen-bond acceptors (Lipinski definition) is 6. The summed E-state index contributed by atoms with van der Waals surface area (Å²) in [7, 11) is 3.99. The topological polar surface area (TPSA) is 74.3 Å². The molecule has 0 bridgehead atoms. The molecule has 0 saturated heterocycles. The van der Waals surface area contributed by atoms with Crippen LogP contribution in [-0.2, 0) is 6.54 Å². The number of carbonyl (C=O) groups excluding carboxylic acids is 2. The fraction of sp³-hybridized carbons (Fsp3) is 0.208. The molecule has 30 heavy (non-hydrogen) atoms. The van der Waals surface area contributed by atoms with Gasteiger partial charge in [0.2, 0.25) is 0 Å². The van der Waals surface area contributed by atoms with Crippen LogP contribution in [0.5, 0.6) is 0 Å². The SMILES string of the molecule is CN(C)CCNc1cccc2c1C(=O)c1cccc(NCc3ccccn3)c1C2=O. The van der Waals surface area contributed by atoms with Crippen molar-refractivity contribution in [2.24, 2.45) is 0 Å². The van der Waals surface area contributed by atoms with Gasteiger partial charge in [0.25, 0.3) is 0 Å². The minimum atomic E-state index is -0.139. The zero-order valence-corrected chi connectivity index (χ0v) is 17.1. The van der Waals surface area contributed by atoms with E-state index in [0.29, 0.717) is 46.7 Å². The average molecular weight is 400 g/mol. The smallest absolute Gasteiger partial charge is 0.196 e. The van der Waals surface area contributed by atoms with Gasteiger partial charge in [-0.25, -0.2) is 0 Å². The van der Waals surface area contributed by atoms with Crippen LogP contribution in [0.25, 0.3) is 0 Å². The number of pyridine rings is 1. The van der Waals surface area contributed by atoms with Crippen LogP contribution in [-0.4, -0.2) is 48.6 Å². The van der Waals surface area contributed by atoms with Gasteiger partial charge in [-0.15, -0.1) is 0 Å². The summed E-state index contributed by atoms with van der Waals surface area (Å²) in [5.41, 5.74) is 3.96. The number of aromatic nitrogens is 1. The highest BCUT2D eigenvalue weighted by atomic mass is 16.1. The van der Waals surface area contributed by atoms with E-state index in [9.17, 15) is 9.59 Å². The summed E-state index contributed by atoms with van der Waals surface area (Å²) >= 11 is 0. The van der Waals surface area contributed by atoms with Crippen molar-refractivity contribution >= 4 is 22.9 Å². The summed E-state index contributed by atoms with van der Waals surface area (Å²) in [6.07, 6.45) is 1.73. The van der Waals surface area contributed by atoms with E-state index in [1.165, 1.54) is 0 Å². The van der Waals surface area contributed by atoms with Crippen molar-refractivity contribution in [3.8, 4) is 0 Å². The van der Waals surface area contributed by atoms with Crippen LogP contribution in [0, 0.1) is 0 Å². The van der Waals surface area contributed by atoms with E-state index in [1.54, 1.807) is 24.4 Å². The van der Waals surface area contributed by atoms with Crippen molar-refractivity contribution in [1.29, 1.82) is 0 Å². The second kappa shape index (κ2) is 8.47. The van der Waals surface area contributed by atoms with Crippen LogP contribution in [0.2, 0.25) is 0 Å². The Bertz CT molecular complexity index is 1090. The molecule has 1 aliphatic carbocycles. The zero-order chi connectivity index (χ0) is 21.1. The number of nitrogens with one attached hydrogen (secondary N) is 2. The molecule has 2 N–H and O–H groups in total. The maximum Gasteiger partial charge on any atom is 0.196 e. The summed E-state index contributed by atoms with van der Waals surface area (Å²) in [6, 6.07) is 16.4. The number of anilines is 2. The Morgan fingerprint density at radius 1 is 0.800 bits per heavy atom. The normalized spacial score (nSPS) is 12.5. The molecule has 0 spiro atoms. The van der Waals surface area contributed by atoms with Crippen LogP contribution >= 0.6 is 0 Å². The summed E-state index contributed by atoms with van der Waals surface area (Å²) < 4.78 is 0. The van der Waals surface area contributed by atoms with Crippen molar-refractivity contribution in [2.45, 2.75) is 6.54 Å². The van der Waals surface area contributed by atoms with Gasteiger partial charge in [0.05, 0.1) is 23.4 Å². The van der Waals surface area contributed by atoms with E-state index in [4.69, 9.17) is 0 Å². The van der Waals surface area contributed by atoms with E-state index in [1.807, 2.05) is 50.5 Å². The van der Waals surface area contributed by atoms with Gasteiger partial charge in [-0.3, -0.25) is 14.6 Å². The zero-order valence-electron chi connectivity index (χ0n) is 17.1. The number of ketones is 2. The highest BCUT2D eigenvalue weighted by Gasteiger charge is 2.33. The number of benzene rings is 2. The number of carbonyl (C=O) groups is 2. The molecular formula is C24H24N4O2. The first-order chi connectivity index (χ1) is 14.6. The van der Waals surface area contributed by atoms with Crippen molar-refractivity contribution in [3.63, 3.8) is 0 Å². The molecule has 0 saturated carbocycles. The van der Waals surface area contributed by atoms with Crippen LogP contribution in [0.1, 0.15) is 37.5 Å². The third-order valence-corrected chi connectivity index (χ3v) is 5.13. The van der Waals surface area contributed by atoms with E-state index < -0.39 is 0 Å². The highest BCUT2D eigenvalue weighted by molar-refractivity contribution is 6.31. The van der Waals surface area contributed by atoms with E-state index in [2.05, 4.69) is 20.5 Å². The lowest BCUT2D eigenvalue weighted by Gasteiger charge is -2.23. The molecule has 1 heterocycles. The number of fused-ring (bicyclic) bond motifs is 2. The first kappa shape index (κ1) is 19.8. The fourth-order valence-corrected chi connectivity index (χ4v) is 3.64. The number of rotatable bonds is 7. The van der Waals surface area contributed by atoms with Crippen molar-refractivity contribution in [2.75, 3.05) is 37.8 Å². The van der Waals surface area contributed by atoms with Gasteiger partial charge in [-0.1, -0.05) is 30.3 Å². The molecule has 0 radical (unpaired) electrons. The lowest BCUT2D eigenvalue weighted by Crippen LogP contribution is -2.26. The Morgan fingerprint density at radius 3 is 2.00 bits per heavy atom. The molecule has 6 heteroatoms. The molecule has 1 aliphatic rings. The summed E-state index contributed by atoms with van der Waals surface area (Å²) in [5.74, 6) is -0.269. The molecule has 4 rings (SSSR count). The Hall–Kier alpha value is -3.51. The Balaban J connectivity index is 1.66. The number of likely N-dealkylation sites (N-methyl/N-ethyl adjacent to an activating group) is 1. The number of hydrogen-bond donors (Lipinski definition) is 2. The summed E-state index contributed by atoms with van der Waals surface area (Å²) in [6.45, 7) is 1.98. The van der Waals surface area contributed by atoms with Crippen LogP contribution < -0.4 is 10.6 Å². The maximum absolute atomic E-state index is 13.4. The third kappa shape index (κ3) is 3.82. The molecule has 2 aromatic carbocycles. The summed E-state index contributed by atoms with van der Waals surface area (Å²) in [5, 5.41) is 6.58. The van der Waals surface area contributed by atoms with Gasteiger partial charge >= 0.3 is 0 Å². The van der Waals surface area contributed by atoms with E-state index in [-0.39, 0.29) is 11.6 Å². The highest BCUT2D eigenvalue weighted by Crippen LogP contribution is 2.35. The minimum absolute atomic E-state index is 0.131. The second-order valence-corrected chi connectivity index (χ2v) is 7.52. The Morgan fingerprint density at radius 2 is 1.43 bits per heavy atom. The van der Waals surface area contributed by atoms with Gasteiger partial charge in [-0.05, 0) is 38.4 Å². The molecule has 0 fully saturated rings. The largest absolute Gasteiger partial charge is 0.383 e. The van der Waals surface area contributed by atoms with Crippen LogP contribution in [0.4, 0.5) is 11.4 Å².